The Morgan fingerprint density at radius 1 is 1.08 bits per heavy atom. The molecule has 3 N–H and O–H groups in total. The highest BCUT2D eigenvalue weighted by Crippen LogP contribution is 2.26. The molecular weight excluding hydrogens is 356 g/mol. The predicted molar refractivity (Wildman–Crippen MR) is 98.3 cm³/mol. The van der Waals surface area contributed by atoms with E-state index in [9.17, 15) is 14.4 Å². The summed E-state index contributed by atoms with van der Waals surface area (Å²) in [6, 6.07) is 13.3. The van der Waals surface area contributed by atoms with Crippen molar-refractivity contribution in [1.82, 2.24) is 0 Å². The molecule has 2 amide bonds. The summed E-state index contributed by atoms with van der Waals surface area (Å²) in [5.41, 5.74) is 5.97. The first-order valence-electron chi connectivity index (χ1n) is 7.60. The SMILES string of the molecule is COc1ccc(C(=O)OCC(=O)Nc2ccccc2SCC(N)=O)cc1. The number of thioether (sulfide) groups is 1. The molecule has 0 saturated carbocycles. The van der Waals surface area contributed by atoms with Crippen molar-refractivity contribution in [1.29, 1.82) is 0 Å². The number of ether oxygens (including phenoxy) is 2. The number of carbonyl (C=O) groups is 3. The molecule has 0 aliphatic heterocycles. The van der Waals surface area contributed by atoms with Gasteiger partial charge in [0.05, 0.1) is 24.1 Å². The molecule has 2 aromatic carbocycles. The largest absolute Gasteiger partial charge is 0.497 e. The van der Waals surface area contributed by atoms with Crippen LogP contribution in [0.1, 0.15) is 10.4 Å². The number of para-hydroxylation sites is 1. The maximum atomic E-state index is 12.0. The standard InChI is InChI=1S/C18H18N2O5S/c1-24-13-8-6-12(7-9-13)18(23)25-10-17(22)20-14-4-2-3-5-15(14)26-11-16(19)21/h2-9H,10-11H2,1H3,(H2,19,21)(H,20,22). The van der Waals surface area contributed by atoms with Gasteiger partial charge in [-0.1, -0.05) is 12.1 Å². The fourth-order valence-corrected chi connectivity index (χ4v) is 2.72. The maximum absolute atomic E-state index is 12.0. The Morgan fingerprint density at radius 3 is 2.42 bits per heavy atom. The summed E-state index contributed by atoms with van der Waals surface area (Å²) in [4.78, 5) is 35.6. The maximum Gasteiger partial charge on any atom is 0.338 e. The predicted octanol–water partition coefficient (Wildman–Crippen LogP) is 2.07. The third kappa shape index (κ3) is 5.82. The Bertz CT molecular complexity index is 792. The van der Waals surface area contributed by atoms with Crippen LogP contribution < -0.4 is 15.8 Å². The minimum Gasteiger partial charge on any atom is -0.497 e. The molecule has 0 fully saturated rings. The highest BCUT2D eigenvalue weighted by atomic mass is 32.2. The molecule has 0 spiro atoms. The summed E-state index contributed by atoms with van der Waals surface area (Å²) in [5, 5.41) is 2.65. The van der Waals surface area contributed by atoms with Crippen molar-refractivity contribution in [2.45, 2.75) is 4.90 Å². The van der Waals surface area contributed by atoms with Crippen LogP contribution in [0.25, 0.3) is 0 Å². The van der Waals surface area contributed by atoms with Crippen LogP contribution in [0.15, 0.2) is 53.4 Å². The zero-order valence-electron chi connectivity index (χ0n) is 14.1. The number of nitrogens with two attached hydrogens (primary N) is 1. The van der Waals surface area contributed by atoms with Gasteiger partial charge in [0.25, 0.3) is 5.91 Å². The van der Waals surface area contributed by atoms with Crippen LogP contribution in [0.3, 0.4) is 0 Å². The minimum atomic E-state index is -0.612. The summed E-state index contributed by atoms with van der Waals surface area (Å²) >= 11 is 1.21. The second-order valence-corrected chi connectivity index (χ2v) is 6.12. The van der Waals surface area contributed by atoms with E-state index < -0.39 is 24.4 Å². The molecule has 0 unspecified atom stereocenters. The average molecular weight is 374 g/mol. The number of carbonyl (C=O) groups excluding carboxylic acids is 3. The van der Waals surface area contributed by atoms with Crippen LogP contribution in [0.4, 0.5) is 5.69 Å². The van der Waals surface area contributed by atoms with Gasteiger partial charge < -0.3 is 20.5 Å². The van der Waals surface area contributed by atoms with Gasteiger partial charge in [-0.15, -0.1) is 11.8 Å². The summed E-state index contributed by atoms with van der Waals surface area (Å²) < 4.78 is 10.0. The number of amides is 2. The van der Waals surface area contributed by atoms with Crippen molar-refractivity contribution in [3.05, 3.63) is 54.1 Å². The van der Waals surface area contributed by atoms with Crippen LogP contribution in [-0.2, 0) is 14.3 Å². The van der Waals surface area contributed by atoms with Crippen LogP contribution in [0, 0.1) is 0 Å². The third-order valence-electron chi connectivity index (χ3n) is 3.19. The van der Waals surface area contributed by atoms with Gasteiger partial charge in [0, 0.05) is 4.90 Å². The van der Waals surface area contributed by atoms with Crippen molar-refractivity contribution in [2.75, 3.05) is 24.8 Å². The van der Waals surface area contributed by atoms with Gasteiger partial charge in [-0.25, -0.2) is 4.79 Å². The van der Waals surface area contributed by atoms with E-state index in [-0.39, 0.29) is 5.75 Å². The van der Waals surface area contributed by atoms with E-state index in [1.165, 1.54) is 18.9 Å². The first-order valence-corrected chi connectivity index (χ1v) is 8.59. The Labute approximate surface area is 154 Å². The lowest BCUT2D eigenvalue weighted by Crippen LogP contribution is -2.21. The lowest BCUT2D eigenvalue weighted by molar-refractivity contribution is -0.119. The molecule has 0 radical (unpaired) electrons. The number of primary amides is 1. The number of benzene rings is 2. The quantitative estimate of drug-likeness (QED) is 0.541. The summed E-state index contributed by atoms with van der Waals surface area (Å²) in [6.07, 6.45) is 0. The van der Waals surface area contributed by atoms with Crippen molar-refractivity contribution in [3.63, 3.8) is 0 Å². The number of rotatable bonds is 8. The molecular formula is C18H18N2O5S. The van der Waals surface area contributed by atoms with Gasteiger partial charge in [0.1, 0.15) is 5.75 Å². The molecule has 0 bridgehead atoms. The number of anilines is 1. The number of esters is 1. The number of hydrogen-bond acceptors (Lipinski definition) is 6. The van der Waals surface area contributed by atoms with Gasteiger partial charge in [-0.3, -0.25) is 9.59 Å². The van der Waals surface area contributed by atoms with E-state index in [1.54, 1.807) is 48.5 Å². The molecule has 0 saturated heterocycles. The van der Waals surface area contributed by atoms with E-state index in [2.05, 4.69) is 5.32 Å². The topological polar surface area (TPSA) is 108 Å². The van der Waals surface area contributed by atoms with Gasteiger partial charge in [-0.05, 0) is 36.4 Å². The molecule has 0 aromatic heterocycles. The summed E-state index contributed by atoms with van der Waals surface area (Å²) in [7, 11) is 1.53. The van der Waals surface area contributed by atoms with E-state index in [4.69, 9.17) is 15.2 Å². The fourth-order valence-electron chi connectivity index (χ4n) is 1.97. The molecule has 2 aromatic rings. The normalized spacial score (nSPS) is 10.0. The molecule has 2 rings (SSSR count). The Balaban J connectivity index is 1.90. The van der Waals surface area contributed by atoms with Crippen molar-refractivity contribution < 1.29 is 23.9 Å². The van der Waals surface area contributed by atoms with Crippen LogP contribution in [0.5, 0.6) is 5.75 Å². The van der Waals surface area contributed by atoms with Gasteiger partial charge >= 0.3 is 5.97 Å². The lowest BCUT2D eigenvalue weighted by Gasteiger charge is -2.10. The van der Waals surface area contributed by atoms with Crippen molar-refractivity contribution >= 4 is 35.2 Å². The van der Waals surface area contributed by atoms with E-state index in [0.717, 1.165) is 0 Å². The number of methoxy groups -OCH3 is 1. The van der Waals surface area contributed by atoms with Gasteiger partial charge in [0.2, 0.25) is 5.91 Å². The first-order chi connectivity index (χ1) is 12.5. The van der Waals surface area contributed by atoms with Crippen molar-refractivity contribution in [3.8, 4) is 5.75 Å². The van der Waals surface area contributed by atoms with Crippen LogP contribution in [0.2, 0.25) is 0 Å². The lowest BCUT2D eigenvalue weighted by atomic mass is 10.2. The summed E-state index contributed by atoms with van der Waals surface area (Å²) in [6.45, 7) is -0.431. The number of nitrogens with one attached hydrogen (secondary N) is 1. The molecule has 0 heterocycles. The smallest absolute Gasteiger partial charge is 0.338 e. The molecule has 7 nitrogen and oxygen atoms in total. The molecule has 0 aliphatic rings. The fraction of sp³-hybridized carbons (Fsp3) is 0.167. The zero-order chi connectivity index (χ0) is 18.9. The molecule has 0 aliphatic carbocycles. The van der Waals surface area contributed by atoms with Gasteiger partial charge in [-0.2, -0.15) is 0 Å². The summed E-state index contributed by atoms with van der Waals surface area (Å²) in [5.74, 6) is -0.841. The molecule has 26 heavy (non-hydrogen) atoms. The van der Waals surface area contributed by atoms with E-state index >= 15 is 0 Å². The van der Waals surface area contributed by atoms with E-state index in [1.807, 2.05) is 0 Å². The third-order valence-corrected chi connectivity index (χ3v) is 4.29. The molecule has 8 heteroatoms. The Kier molecular flexibility index (Phi) is 7.04. The highest BCUT2D eigenvalue weighted by molar-refractivity contribution is 8.00. The van der Waals surface area contributed by atoms with Gasteiger partial charge in [0.15, 0.2) is 6.61 Å². The second kappa shape index (κ2) is 9.47. The zero-order valence-corrected chi connectivity index (χ0v) is 14.9. The van der Waals surface area contributed by atoms with Crippen LogP contribution in [-0.4, -0.2) is 37.3 Å². The Morgan fingerprint density at radius 2 is 1.77 bits per heavy atom. The van der Waals surface area contributed by atoms with Crippen LogP contribution >= 0.6 is 11.8 Å². The highest BCUT2D eigenvalue weighted by Gasteiger charge is 2.12. The van der Waals surface area contributed by atoms with Crippen molar-refractivity contribution in [2.24, 2.45) is 5.73 Å². The Hall–Kier alpha value is -3.00. The molecule has 0 atom stereocenters. The average Bonchev–Trinajstić information content (AvgIpc) is 2.65. The minimum absolute atomic E-state index is 0.0966. The second-order valence-electron chi connectivity index (χ2n) is 5.10. The van der Waals surface area contributed by atoms with E-state index in [0.29, 0.717) is 21.9 Å². The number of hydrogen-bond donors (Lipinski definition) is 2. The molecule has 136 valence electrons. The first kappa shape index (κ1) is 19.3. The monoisotopic (exact) mass is 374 g/mol.